The van der Waals surface area contributed by atoms with Crippen LogP contribution in [0.2, 0.25) is 10.2 Å². The molecule has 0 aromatic carbocycles. The van der Waals surface area contributed by atoms with Crippen LogP contribution in [0.25, 0.3) is 0 Å². The zero-order chi connectivity index (χ0) is 11.8. The lowest BCUT2D eigenvalue weighted by Crippen LogP contribution is -2.01. The molecule has 0 aliphatic heterocycles. The fraction of sp³-hybridized carbons (Fsp3) is 0.333. The molecule has 1 aromatic heterocycles. The lowest BCUT2D eigenvalue weighted by molar-refractivity contribution is 0.240. The summed E-state index contributed by atoms with van der Waals surface area (Å²) < 4.78 is 0. The molecule has 0 saturated heterocycles. The Balaban J connectivity index is 0.000000921. The van der Waals surface area contributed by atoms with Crippen molar-refractivity contribution in [3.05, 3.63) is 21.8 Å². The summed E-state index contributed by atoms with van der Waals surface area (Å²) in [5, 5.41) is 9.02. The number of nitrogens with one attached hydrogen (secondary N) is 1. The van der Waals surface area contributed by atoms with Gasteiger partial charge in [0.25, 0.3) is 0 Å². The number of aliphatic imine (C=N–C) groups is 1. The summed E-state index contributed by atoms with van der Waals surface area (Å²) in [6.45, 7) is 5.76. The second-order valence-electron chi connectivity index (χ2n) is 2.27. The van der Waals surface area contributed by atoms with Crippen molar-refractivity contribution in [2.24, 2.45) is 4.99 Å². The van der Waals surface area contributed by atoms with Gasteiger partial charge in [-0.2, -0.15) is 0 Å². The Hall–Kier alpha value is -0.840. The van der Waals surface area contributed by atoms with E-state index in [4.69, 9.17) is 28.4 Å². The molecule has 1 aromatic rings. The van der Waals surface area contributed by atoms with Gasteiger partial charge in [-0.15, -0.1) is 0 Å². The van der Waals surface area contributed by atoms with E-state index in [2.05, 4.69) is 9.98 Å². The van der Waals surface area contributed by atoms with Crippen LogP contribution in [0.1, 0.15) is 19.4 Å². The molecule has 6 heteroatoms. The summed E-state index contributed by atoms with van der Waals surface area (Å²) in [7, 11) is 0. The van der Waals surface area contributed by atoms with E-state index in [1.807, 2.05) is 13.8 Å². The monoisotopic (exact) mass is 249 g/mol. The van der Waals surface area contributed by atoms with Gasteiger partial charge in [0.2, 0.25) is 0 Å². The zero-order valence-corrected chi connectivity index (χ0v) is 10.3. The Morgan fingerprint density at radius 3 is 2.53 bits per heavy atom. The molecule has 1 heterocycles. The lowest BCUT2D eigenvalue weighted by atomic mass is 10.3. The summed E-state index contributed by atoms with van der Waals surface area (Å²) in [6, 6.07) is 1.55. The topological polar surface area (TPSA) is 57.5 Å². The SMILES string of the molecule is CC.Cc1c(Cl)cc(N=CNO)nc1Cl. The van der Waals surface area contributed by atoms with E-state index >= 15 is 0 Å². The Kier molecular flexibility index (Phi) is 7.03. The summed E-state index contributed by atoms with van der Waals surface area (Å²) in [6.07, 6.45) is 1.07. The van der Waals surface area contributed by atoms with Crippen LogP contribution in [0.5, 0.6) is 0 Å². The van der Waals surface area contributed by atoms with Crippen molar-refractivity contribution in [3.8, 4) is 0 Å². The van der Waals surface area contributed by atoms with Crippen molar-refractivity contribution in [1.82, 2.24) is 10.5 Å². The van der Waals surface area contributed by atoms with Gasteiger partial charge in [0, 0.05) is 11.6 Å². The van der Waals surface area contributed by atoms with E-state index in [0.717, 1.165) is 6.34 Å². The van der Waals surface area contributed by atoms with Crippen molar-refractivity contribution in [2.75, 3.05) is 0 Å². The van der Waals surface area contributed by atoms with Gasteiger partial charge in [-0.25, -0.2) is 9.98 Å². The summed E-state index contributed by atoms with van der Waals surface area (Å²) >= 11 is 11.6. The molecule has 0 bridgehead atoms. The molecule has 0 aliphatic rings. The van der Waals surface area contributed by atoms with Gasteiger partial charge < -0.3 is 0 Å². The van der Waals surface area contributed by atoms with Crippen LogP contribution in [-0.4, -0.2) is 16.5 Å². The van der Waals surface area contributed by atoms with Crippen molar-refractivity contribution in [1.29, 1.82) is 0 Å². The molecule has 0 atom stereocenters. The van der Waals surface area contributed by atoms with Crippen LogP contribution < -0.4 is 5.48 Å². The van der Waals surface area contributed by atoms with Gasteiger partial charge >= 0.3 is 0 Å². The number of pyridine rings is 1. The van der Waals surface area contributed by atoms with Crippen LogP contribution in [0, 0.1) is 6.92 Å². The molecule has 84 valence electrons. The average molecular weight is 250 g/mol. The van der Waals surface area contributed by atoms with Gasteiger partial charge in [-0.1, -0.05) is 37.0 Å². The van der Waals surface area contributed by atoms with E-state index in [-0.39, 0.29) is 0 Å². The van der Waals surface area contributed by atoms with Crippen molar-refractivity contribution < 1.29 is 5.21 Å². The third kappa shape index (κ3) is 4.46. The molecular weight excluding hydrogens is 237 g/mol. The third-order valence-electron chi connectivity index (χ3n) is 1.39. The van der Waals surface area contributed by atoms with Gasteiger partial charge in [0.15, 0.2) is 5.82 Å². The third-order valence-corrected chi connectivity index (χ3v) is 2.15. The quantitative estimate of drug-likeness (QED) is 0.366. The molecule has 0 radical (unpaired) electrons. The highest BCUT2D eigenvalue weighted by Crippen LogP contribution is 2.25. The lowest BCUT2D eigenvalue weighted by Gasteiger charge is -2.00. The van der Waals surface area contributed by atoms with E-state index < -0.39 is 0 Å². The van der Waals surface area contributed by atoms with E-state index in [0.29, 0.717) is 21.6 Å². The maximum atomic E-state index is 8.23. The maximum absolute atomic E-state index is 8.23. The molecular formula is C9H13Cl2N3O. The molecule has 0 fully saturated rings. The largest absolute Gasteiger partial charge is 0.290 e. The molecule has 4 nitrogen and oxygen atoms in total. The normalized spacial score (nSPS) is 9.73. The van der Waals surface area contributed by atoms with Gasteiger partial charge in [-0.3, -0.25) is 10.7 Å². The first-order chi connectivity index (χ1) is 7.15. The Labute approximate surface area is 98.9 Å². The summed E-state index contributed by atoms with van der Waals surface area (Å²) in [5.41, 5.74) is 2.46. The van der Waals surface area contributed by atoms with Gasteiger partial charge in [-0.05, 0) is 6.92 Å². The maximum Gasteiger partial charge on any atom is 0.156 e. The summed E-state index contributed by atoms with van der Waals surface area (Å²) in [5.74, 6) is 0.335. The van der Waals surface area contributed by atoms with Crippen molar-refractivity contribution >= 4 is 35.4 Å². The highest BCUT2D eigenvalue weighted by atomic mass is 35.5. The molecule has 1 rings (SSSR count). The van der Waals surface area contributed by atoms with Crippen LogP contribution in [0.4, 0.5) is 5.82 Å². The highest BCUT2D eigenvalue weighted by Gasteiger charge is 2.03. The minimum Gasteiger partial charge on any atom is -0.290 e. The van der Waals surface area contributed by atoms with Crippen molar-refractivity contribution in [2.45, 2.75) is 20.8 Å². The molecule has 15 heavy (non-hydrogen) atoms. The predicted octanol–water partition coefficient (Wildman–Crippen LogP) is 3.36. The Morgan fingerprint density at radius 2 is 2.07 bits per heavy atom. The van der Waals surface area contributed by atoms with E-state index in [1.165, 1.54) is 0 Å². The molecule has 0 aliphatic carbocycles. The number of rotatable bonds is 2. The van der Waals surface area contributed by atoms with Crippen LogP contribution >= 0.6 is 23.2 Å². The first-order valence-corrected chi connectivity index (χ1v) is 5.15. The van der Waals surface area contributed by atoms with Crippen molar-refractivity contribution in [3.63, 3.8) is 0 Å². The van der Waals surface area contributed by atoms with E-state index in [1.54, 1.807) is 18.5 Å². The Bertz CT molecular complexity index is 319. The predicted molar refractivity (Wildman–Crippen MR) is 63.4 cm³/mol. The molecule has 0 spiro atoms. The average Bonchev–Trinajstić information content (AvgIpc) is 2.25. The molecule has 0 amide bonds. The smallest absolute Gasteiger partial charge is 0.156 e. The van der Waals surface area contributed by atoms with Gasteiger partial charge in [0.1, 0.15) is 11.5 Å². The second-order valence-corrected chi connectivity index (χ2v) is 3.03. The van der Waals surface area contributed by atoms with Gasteiger partial charge in [0.05, 0.1) is 5.02 Å². The number of halogens is 2. The van der Waals surface area contributed by atoms with Crippen LogP contribution in [-0.2, 0) is 0 Å². The second kappa shape index (κ2) is 7.45. The van der Waals surface area contributed by atoms with Crippen LogP contribution in [0.3, 0.4) is 0 Å². The van der Waals surface area contributed by atoms with Crippen LogP contribution in [0.15, 0.2) is 11.1 Å². The number of hydrogen-bond donors (Lipinski definition) is 2. The molecule has 0 saturated carbocycles. The minimum atomic E-state index is 0.303. The summed E-state index contributed by atoms with van der Waals surface area (Å²) in [4.78, 5) is 7.62. The first kappa shape index (κ1) is 14.2. The number of nitrogens with zero attached hydrogens (tertiary/aromatic N) is 2. The minimum absolute atomic E-state index is 0.303. The number of hydroxylamine groups is 1. The number of aromatic nitrogens is 1. The van der Waals surface area contributed by atoms with E-state index in [9.17, 15) is 0 Å². The standard InChI is InChI=1S/C7H7Cl2N3O.C2H6/c1-4-5(8)2-6(10-3-11-13)12-7(4)9;1-2/h2-3,13H,1H3,(H,10,11,12);1-2H3. The number of hydrogen-bond acceptors (Lipinski definition) is 3. The fourth-order valence-electron chi connectivity index (χ4n) is 0.698. The fourth-order valence-corrected chi connectivity index (χ4v) is 1.12. The Morgan fingerprint density at radius 1 is 1.47 bits per heavy atom. The first-order valence-electron chi connectivity index (χ1n) is 4.40. The molecule has 0 unspecified atom stereocenters. The molecule has 2 N–H and O–H groups in total. The highest BCUT2D eigenvalue weighted by molar-refractivity contribution is 6.35. The zero-order valence-electron chi connectivity index (χ0n) is 8.75.